The molecule has 7 nitrogen and oxygen atoms in total. The molecule has 1 N–H and O–H groups in total. The molecule has 0 saturated carbocycles. The van der Waals surface area contributed by atoms with Crippen LogP contribution in [0.2, 0.25) is 0 Å². The van der Waals surface area contributed by atoms with Gasteiger partial charge in [-0.3, -0.25) is 9.36 Å². The highest BCUT2D eigenvalue weighted by Gasteiger charge is 2.18. The Balaban J connectivity index is 1.56. The summed E-state index contributed by atoms with van der Waals surface area (Å²) in [5, 5.41) is 12.1. The normalized spacial score (nSPS) is 10.7. The average Bonchev–Trinajstić information content (AvgIpc) is 3.30. The Morgan fingerprint density at radius 3 is 2.43 bits per heavy atom. The fourth-order valence-corrected chi connectivity index (χ4v) is 4.17. The Kier molecular flexibility index (Phi) is 7.99. The summed E-state index contributed by atoms with van der Waals surface area (Å²) in [6.07, 6.45) is 0. The number of thioether (sulfide) groups is 1. The predicted octanol–water partition coefficient (Wildman–Crippen LogP) is 5.60. The number of aromatic nitrogens is 3. The summed E-state index contributed by atoms with van der Waals surface area (Å²) in [6.45, 7) is 4.76. The van der Waals surface area contributed by atoms with E-state index < -0.39 is 0 Å². The summed E-state index contributed by atoms with van der Waals surface area (Å²) in [5.41, 5.74) is 2.09. The minimum atomic E-state index is -0.337. The zero-order chi connectivity index (χ0) is 24.6. The van der Waals surface area contributed by atoms with Crippen molar-refractivity contribution in [1.82, 2.24) is 14.8 Å². The third-order valence-electron chi connectivity index (χ3n) is 4.92. The van der Waals surface area contributed by atoms with Gasteiger partial charge in [-0.25, -0.2) is 4.39 Å². The van der Waals surface area contributed by atoms with Crippen LogP contribution in [0.15, 0.2) is 78.0 Å². The molecule has 0 fully saturated rings. The summed E-state index contributed by atoms with van der Waals surface area (Å²) >= 11 is 1.23. The molecule has 0 unspecified atom stereocenters. The van der Waals surface area contributed by atoms with Crippen LogP contribution in [-0.4, -0.2) is 39.6 Å². The van der Waals surface area contributed by atoms with Gasteiger partial charge in [0.2, 0.25) is 5.91 Å². The van der Waals surface area contributed by atoms with Crippen molar-refractivity contribution in [2.45, 2.75) is 19.0 Å². The molecule has 0 aliphatic heterocycles. The Labute approximate surface area is 207 Å². The van der Waals surface area contributed by atoms with Crippen molar-refractivity contribution in [2.24, 2.45) is 0 Å². The van der Waals surface area contributed by atoms with Crippen molar-refractivity contribution in [2.75, 3.05) is 24.3 Å². The molecule has 0 aliphatic carbocycles. The highest BCUT2D eigenvalue weighted by Crippen LogP contribution is 2.31. The fraction of sp³-hybridized carbons (Fsp3) is 0.192. The number of nitrogens with zero attached hydrogens (tertiary/aromatic N) is 3. The summed E-state index contributed by atoms with van der Waals surface area (Å²) in [6, 6.07) is 21.0. The van der Waals surface area contributed by atoms with Crippen LogP contribution in [0.5, 0.6) is 11.5 Å². The molecule has 0 spiro atoms. The maximum absolute atomic E-state index is 13.6. The van der Waals surface area contributed by atoms with Gasteiger partial charge in [0.05, 0.1) is 24.7 Å². The molecule has 180 valence electrons. The van der Waals surface area contributed by atoms with Crippen LogP contribution >= 0.6 is 11.8 Å². The molecule has 1 amide bonds. The van der Waals surface area contributed by atoms with E-state index in [4.69, 9.17) is 9.47 Å². The molecule has 1 heterocycles. The second-order valence-electron chi connectivity index (χ2n) is 7.34. The first-order chi connectivity index (χ1) is 17.1. The lowest BCUT2D eigenvalue weighted by atomic mass is 10.2. The molecule has 0 radical (unpaired) electrons. The first-order valence-corrected chi connectivity index (χ1v) is 12.2. The molecule has 4 rings (SSSR count). The average molecular weight is 493 g/mol. The molecule has 3 aromatic carbocycles. The lowest BCUT2D eigenvalue weighted by molar-refractivity contribution is -0.113. The van der Waals surface area contributed by atoms with Gasteiger partial charge >= 0.3 is 0 Å². The summed E-state index contributed by atoms with van der Waals surface area (Å²) in [7, 11) is 0. The first-order valence-electron chi connectivity index (χ1n) is 11.2. The zero-order valence-electron chi connectivity index (χ0n) is 19.4. The number of carbonyl (C=O) groups excluding carboxylic acids is 1. The topological polar surface area (TPSA) is 78.3 Å². The first kappa shape index (κ1) is 24.3. The Bertz CT molecular complexity index is 1280. The highest BCUT2D eigenvalue weighted by atomic mass is 32.2. The van der Waals surface area contributed by atoms with Gasteiger partial charge < -0.3 is 14.8 Å². The van der Waals surface area contributed by atoms with E-state index in [0.29, 0.717) is 47.1 Å². The van der Waals surface area contributed by atoms with Gasteiger partial charge in [0.25, 0.3) is 0 Å². The lowest BCUT2D eigenvalue weighted by Crippen LogP contribution is -2.15. The second kappa shape index (κ2) is 11.5. The SMILES string of the molecule is CCOc1ccc(OCC)c(NC(=O)CSc2nnc(-c3ccccc3)n2-c2ccc(F)cc2)c1. The van der Waals surface area contributed by atoms with E-state index >= 15 is 0 Å². The van der Waals surface area contributed by atoms with Crippen molar-refractivity contribution in [3.63, 3.8) is 0 Å². The number of hydrogen-bond acceptors (Lipinski definition) is 6. The number of amides is 1. The van der Waals surface area contributed by atoms with Crippen molar-refractivity contribution < 1.29 is 18.7 Å². The van der Waals surface area contributed by atoms with Gasteiger partial charge in [-0.15, -0.1) is 10.2 Å². The minimum Gasteiger partial charge on any atom is -0.494 e. The van der Waals surface area contributed by atoms with Gasteiger partial charge in [0.15, 0.2) is 11.0 Å². The Morgan fingerprint density at radius 1 is 0.971 bits per heavy atom. The van der Waals surface area contributed by atoms with E-state index in [1.54, 1.807) is 30.3 Å². The van der Waals surface area contributed by atoms with E-state index in [-0.39, 0.29) is 17.5 Å². The van der Waals surface area contributed by atoms with Crippen molar-refractivity contribution in [3.05, 3.63) is 78.6 Å². The molecule has 0 aliphatic rings. The van der Waals surface area contributed by atoms with Crippen LogP contribution in [0.3, 0.4) is 0 Å². The molecule has 35 heavy (non-hydrogen) atoms. The fourth-order valence-electron chi connectivity index (χ4n) is 3.42. The number of nitrogens with one attached hydrogen (secondary N) is 1. The van der Waals surface area contributed by atoms with Crippen molar-refractivity contribution >= 4 is 23.4 Å². The number of anilines is 1. The maximum Gasteiger partial charge on any atom is 0.234 e. The van der Waals surface area contributed by atoms with E-state index in [1.165, 1.54) is 23.9 Å². The van der Waals surface area contributed by atoms with E-state index in [1.807, 2.05) is 48.7 Å². The largest absolute Gasteiger partial charge is 0.494 e. The molecule has 0 bridgehead atoms. The van der Waals surface area contributed by atoms with Crippen LogP contribution in [-0.2, 0) is 4.79 Å². The number of rotatable bonds is 10. The molecule has 0 saturated heterocycles. The third kappa shape index (κ3) is 5.99. The summed E-state index contributed by atoms with van der Waals surface area (Å²) < 4.78 is 26.6. The quantitative estimate of drug-likeness (QED) is 0.290. The smallest absolute Gasteiger partial charge is 0.234 e. The molecular weight excluding hydrogens is 467 g/mol. The van der Waals surface area contributed by atoms with Crippen LogP contribution in [0.1, 0.15) is 13.8 Å². The van der Waals surface area contributed by atoms with E-state index in [0.717, 1.165) is 5.56 Å². The predicted molar refractivity (Wildman–Crippen MR) is 135 cm³/mol. The molecular formula is C26H25FN4O3S. The van der Waals surface area contributed by atoms with Crippen molar-refractivity contribution in [3.8, 4) is 28.6 Å². The number of halogens is 1. The third-order valence-corrected chi connectivity index (χ3v) is 5.85. The standard InChI is InChI=1S/C26H25FN4O3S/c1-3-33-21-14-15-23(34-4-2)22(16-21)28-24(32)17-35-26-30-29-25(18-8-6-5-7-9-18)31(26)20-12-10-19(27)11-13-20/h5-16H,3-4,17H2,1-2H3,(H,28,32). The van der Waals surface area contributed by atoms with Gasteiger partial charge in [0.1, 0.15) is 17.3 Å². The van der Waals surface area contributed by atoms with Crippen LogP contribution in [0.25, 0.3) is 17.1 Å². The van der Waals surface area contributed by atoms with E-state index in [9.17, 15) is 9.18 Å². The molecule has 9 heteroatoms. The summed E-state index contributed by atoms with van der Waals surface area (Å²) in [5.74, 6) is 1.31. The van der Waals surface area contributed by atoms with E-state index in [2.05, 4.69) is 15.5 Å². The number of ether oxygens (including phenoxy) is 2. The maximum atomic E-state index is 13.6. The van der Waals surface area contributed by atoms with Crippen LogP contribution < -0.4 is 14.8 Å². The van der Waals surface area contributed by atoms with Crippen molar-refractivity contribution in [1.29, 1.82) is 0 Å². The van der Waals surface area contributed by atoms with Crippen LogP contribution in [0, 0.1) is 5.82 Å². The summed E-state index contributed by atoms with van der Waals surface area (Å²) in [4.78, 5) is 12.8. The Hall–Kier alpha value is -3.85. The number of carbonyl (C=O) groups is 1. The number of benzene rings is 3. The Morgan fingerprint density at radius 2 is 1.71 bits per heavy atom. The highest BCUT2D eigenvalue weighted by molar-refractivity contribution is 7.99. The lowest BCUT2D eigenvalue weighted by Gasteiger charge is -2.14. The number of hydrogen-bond donors (Lipinski definition) is 1. The van der Waals surface area contributed by atoms with Gasteiger partial charge in [-0.1, -0.05) is 42.1 Å². The minimum absolute atomic E-state index is 0.0819. The van der Waals surface area contributed by atoms with Crippen LogP contribution in [0.4, 0.5) is 10.1 Å². The second-order valence-corrected chi connectivity index (χ2v) is 8.29. The molecule has 1 aromatic heterocycles. The molecule has 0 atom stereocenters. The zero-order valence-corrected chi connectivity index (χ0v) is 20.2. The monoisotopic (exact) mass is 492 g/mol. The van der Waals surface area contributed by atoms with Gasteiger partial charge in [-0.2, -0.15) is 0 Å². The van der Waals surface area contributed by atoms with Gasteiger partial charge in [-0.05, 0) is 50.2 Å². The van der Waals surface area contributed by atoms with Gasteiger partial charge in [0, 0.05) is 17.3 Å². The molecule has 4 aromatic rings.